The van der Waals surface area contributed by atoms with Crippen LogP contribution in [0.4, 0.5) is 5.82 Å². The lowest BCUT2D eigenvalue weighted by Crippen LogP contribution is -2.15. The minimum absolute atomic E-state index is 0.407. The van der Waals surface area contributed by atoms with Gasteiger partial charge in [-0.05, 0) is 12.8 Å². The zero-order chi connectivity index (χ0) is 7.68. The number of aromatic amines is 1. The zero-order valence-corrected chi connectivity index (χ0v) is 5.87. The van der Waals surface area contributed by atoms with Crippen LogP contribution in [-0.2, 0) is 0 Å². The third kappa shape index (κ3) is 1.54. The first-order valence-electron chi connectivity index (χ1n) is 3.53. The number of nitrogens with zero attached hydrogens (tertiary/aromatic N) is 2. The molecule has 1 heterocycles. The molecule has 1 aliphatic carbocycles. The van der Waals surface area contributed by atoms with Crippen molar-refractivity contribution in [2.24, 2.45) is 0 Å². The Morgan fingerprint density at radius 2 is 2.45 bits per heavy atom. The maximum Gasteiger partial charge on any atom is 0.363 e. The molecule has 0 aliphatic heterocycles. The van der Waals surface area contributed by atoms with Crippen LogP contribution in [0.2, 0.25) is 0 Å². The van der Waals surface area contributed by atoms with E-state index < -0.39 is 5.69 Å². The molecule has 2 rings (SSSR count). The second-order valence-corrected chi connectivity index (χ2v) is 2.59. The van der Waals surface area contributed by atoms with Gasteiger partial charge in [-0.15, -0.1) is 0 Å². The molecule has 0 spiro atoms. The highest BCUT2D eigenvalue weighted by Gasteiger charge is 2.21. The third-order valence-electron chi connectivity index (χ3n) is 1.50. The van der Waals surface area contributed by atoms with E-state index in [0.29, 0.717) is 11.9 Å². The lowest BCUT2D eigenvalue weighted by Gasteiger charge is -1.98. The zero-order valence-electron chi connectivity index (χ0n) is 5.87. The molecule has 11 heavy (non-hydrogen) atoms. The fourth-order valence-electron chi connectivity index (χ4n) is 0.818. The molecule has 0 radical (unpaired) electrons. The Morgan fingerprint density at radius 3 is 3.09 bits per heavy atom. The summed E-state index contributed by atoms with van der Waals surface area (Å²) in [6.07, 6.45) is 3.84. The first kappa shape index (κ1) is 6.33. The van der Waals surface area contributed by atoms with E-state index in [1.807, 2.05) is 0 Å². The molecule has 0 bridgehead atoms. The van der Waals surface area contributed by atoms with Crippen molar-refractivity contribution >= 4 is 5.82 Å². The predicted molar refractivity (Wildman–Crippen MR) is 39.3 cm³/mol. The molecule has 1 saturated carbocycles. The van der Waals surface area contributed by atoms with Gasteiger partial charge in [-0.3, -0.25) is 0 Å². The van der Waals surface area contributed by atoms with Crippen LogP contribution < -0.4 is 11.0 Å². The molecule has 0 unspecified atom stereocenters. The molecule has 58 valence electrons. The monoisotopic (exact) mass is 152 g/mol. The van der Waals surface area contributed by atoms with Gasteiger partial charge in [-0.2, -0.15) is 10.1 Å². The first-order valence-corrected chi connectivity index (χ1v) is 3.53. The Balaban J connectivity index is 2.16. The Bertz CT molecular complexity index is 303. The van der Waals surface area contributed by atoms with Crippen LogP contribution in [0.1, 0.15) is 12.8 Å². The molecule has 1 aliphatic rings. The van der Waals surface area contributed by atoms with Crippen molar-refractivity contribution in [3.05, 3.63) is 16.7 Å². The minimum atomic E-state index is -0.407. The van der Waals surface area contributed by atoms with Crippen LogP contribution in [0, 0.1) is 0 Å². The highest BCUT2D eigenvalue weighted by atomic mass is 16.1. The van der Waals surface area contributed by atoms with E-state index in [1.54, 1.807) is 0 Å². The maximum absolute atomic E-state index is 10.6. The van der Waals surface area contributed by atoms with E-state index in [1.165, 1.54) is 6.20 Å². The van der Waals surface area contributed by atoms with Crippen molar-refractivity contribution in [1.29, 1.82) is 0 Å². The highest BCUT2D eigenvalue weighted by molar-refractivity contribution is 5.32. The van der Waals surface area contributed by atoms with Crippen LogP contribution in [0.15, 0.2) is 11.0 Å². The third-order valence-corrected chi connectivity index (χ3v) is 1.50. The fraction of sp³-hybridized carbons (Fsp3) is 0.500. The SMILES string of the molecule is O=c1nc(NC2CC2)cn[nH]1. The maximum atomic E-state index is 10.6. The summed E-state index contributed by atoms with van der Waals surface area (Å²) in [5.41, 5.74) is -0.407. The van der Waals surface area contributed by atoms with Gasteiger partial charge in [0.2, 0.25) is 0 Å². The molecule has 0 atom stereocenters. The van der Waals surface area contributed by atoms with E-state index in [0.717, 1.165) is 12.8 Å². The van der Waals surface area contributed by atoms with E-state index in [2.05, 4.69) is 20.5 Å². The highest BCUT2D eigenvalue weighted by Crippen LogP contribution is 2.22. The quantitative estimate of drug-likeness (QED) is 0.612. The summed E-state index contributed by atoms with van der Waals surface area (Å²) in [6.45, 7) is 0. The summed E-state index contributed by atoms with van der Waals surface area (Å²) in [6, 6.07) is 0.506. The molecule has 1 fully saturated rings. The van der Waals surface area contributed by atoms with Gasteiger partial charge in [0.1, 0.15) is 0 Å². The van der Waals surface area contributed by atoms with Gasteiger partial charge in [0.15, 0.2) is 5.82 Å². The van der Waals surface area contributed by atoms with Gasteiger partial charge in [-0.1, -0.05) is 0 Å². The average molecular weight is 152 g/mol. The summed E-state index contributed by atoms with van der Waals surface area (Å²) in [5.74, 6) is 0.566. The Morgan fingerprint density at radius 1 is 1.64 bits per heavy atom. The lowest BCUT2D eigenvalue weighted by atomic mass is 10.6. The van der Waals surface area contributed by atoms with Gasteiger partial charge in [0, 0.05) is 6.04 Å². The van der Waals surface area contributed by atoms with Crippen LogP contribution in [-0.4, -0.2) is 21.2 Å². The topological polar surface area (TPSA) is 70.7 Å². The Hall–Kier alpha value is -1.39. The van der Waals surface area contributed by atoms with Crippen LogP contribution >= 0.6 is 0 Å². The summed E-state index contributed by atoms with van der Waals surface area (Å²) in [4.78, 5) is 14.3. The number of hydrogen-bond acceptors (Lipinski definition) is 4. The number of aromatic nitrogens is 3. The molecule has 0 amide bonds. The summed E-state index contributed by atoms with van der Waals surface area (Å²) in [5, 5.41) is 8.87. The molecule has 5 heteroatoms. The van der Waals surface area contributed by atoms with Crippen molar-refractivity contribution in [3.63, 3.8) is 0 Å². The molecule has 0 aromatic carbocycles. The Labute approximate surface area is 62.9 Å². The van der Waals surface area contributed by atoms with E-state index >= 15 is 0 Å². The first-order chi connectivity index (χ1) is 5.34. The van der Waals surface area contributed by atoms with Crippen molar-refractivity contribution in [2.75, 3.05) is 5.32 Å². The van der Waals surface area contributed by atoms with Gasteiger partial charge >= 0.3 is 5.69 Å². The van der Waals surface area contributed by atoms with Crippen molar-refractivity contribution < 1.29 is 0 Å². The normalized spacial score (nSPS) is 16.4. The lowest BCUT2D eigenvalue weighted by molar-refractivity contribution is 0.906. The second kappa shape index (κ2) is 2.34. The molecule has 0 saturated heterocycles. The van der Waals surface area contributed by atoms with E-state index in [4.69, 9.17) is 0 Å². The standard InChI is InChI=1S/C6H8N4O/c11-6-9-5(3-7-10-6)8-4-1-2-4/h3-4H,1-2H2,(H2,8,9,10,11). The van der Waals surface area contributed by atoms with Crippen molar-refractivity contribution in [3.8, 4) is 0 Å². The Kier molecular flexibility index (Phi) is 1.34. The van der Waals surface area contributed by atoms with Crippen LogP contribution in [0.5, 0.6) is 0 Å². The molecule has 2 N–H and O–H groups in total. The minimum Gasteiger partial charge on any atom is -0.366 e. The van der Waals surface area contributed by atoms with Crippen molar-refractivity contribution in [2.45, 2.75) is 18.9 Å². The summed E-state index contributed by atoms with van der Waals surface area (Å²) < 4.78 is 0. The number of anilines is 1. The number of nitrogens with one attached hydrogen (secondary N) is 2. The smallest absolute Gasteiger partial charge is 0.363 e. The number of H-pyrrole nitrogens is 1. The molecule has 1 aromatic heterocycles. The molecule has 5 nitrogen and oxygen atoms in total. The van der Waals surface area contributed by atoms with Gasteiger partial charge in [0.25, 0.3) is 0 Å². The average Bonchev–Trinajstić information content (AvgIpc) is 2.71. The molecular weight excluding hydrogens is 144 g/mol. The summed E-state index contributed by atoms with van der Waals surface area (Å²) in [7, 11) is 0. The van der Waals surface area contributed by atoms with E-state index in [-0.39, 0.29) is 0 Å². The molecular formula is C6H8N4O. The van der Waals surface area contributed by atoms with Gasteiger partial charge in [0.05, 0.1) is 6.20 Å². The summed E-state index contributed by atoms with van der Waals surface area (Å²) >= 11 is 0. The largest absolute Gasteiger partial charge is 0.366 e. The van der Waals surface area contributed by atoms with Crippen LogP contribution in [0.3, 0.4) is 0 Å². The molecule has 1 aromatic rings. The van der Waals surface area contributed by atoms with Crippen LogP contribution in [0.25, 0.3) is 0 Å². The predicted octanol–water partition coefficient (Wildman–Crippen LogP) is -0.261. The van der Waals surface area contributed by atoms with Crippen molar-refractivity contribution in [1.82, 2.24) is 15.2 Å². The van der Waals surface area contributed by atoms with Gasteiger partial charge < -0.3 is 5.32 Å². The number of rotatable bonds is 2. The fourth-order valence-corrected chi connectivity index (χ4v) is 0.818. The van der Waals surface area contributed by atoms with E-state index in [9.17, 15) is 4.79 Å². The van der Waals surface area contributed by atoms with Gasteiger partial charge in [-0.25, -0.2) is 9.89 Å². The second-order valence-electron chi connectivity index (χ2n) is 2.59. The number of hydrogen-bond donors (Lipinski definition) is 2.